The Labute approximate surface area is 172 Å². The van der Waals surface area contributed by atoms with Gasteiger partial charge in [0.25, 0.3) is 0 Å². The Hall–Kier alpha value is -2.95. The minimum atomic E-state index is -1.14. The fourth-order valence-corrected chi connectivity index (χ4v) is 4.19. The summed E-state index contributed by atoms with van der Waals surface area (Å²) in [5.41, 5.74) is 1.06. The number of hydrogen-bond donors (Lipinski definition) is 3. The van der Waals surface area contributed by atoms with Crippen molar-refractivity contribution in [1.82, 2.24) is 19.9 Å². The number of piperazine rings is 1. The van der Waals surface area contributed by atoms with E-state index in [0.29, 0.717) is 46.8 Å². The first kappa shape index (κ1) is 20.8. The number of aryl methyl sites for hydroxylation is 1. The normalized spacial score (nSPS) is 17.3. The molecule has 2 aromatic rings. The molecule has 0 aliphatic carbocycles. The highest BCUT2D eigenvalue weighted by molar-refractivity contribution is 7.19. The molecule has 3 rings (SSSR count). The Kier molecular flexibility index (Phi) is 5.60. The van der Waals surface area contributed by atoms with E-state index in [4.69, 9.17) is 5.11 Å². The predicted octanol–water partition coefficient (Wildman–Crippen LogP) is 3.21. The summed E-state index contributed by atoms with van der Waals surface area (Å²) in [7, 11) is 0. The number of nitrogens with zero attached hydrogens (tertiary/aromatic N) is 5. The average Bonchev–Trinajstić information content (AvgIpc) is 3.00. The highest BCUT2D eigenvalue weighted by atomic mass is 32.1. The fourth-order valence-electron chi connectivity index (χ4n) is 3.26. The zero-order chi connectivity index (χ0) is 21.3. The molecule has 10 nitrogen and oxygen atoms in total. The highest BCUT2D eigenvalue weighted by Crippen LogP contribution is 2.32. The molecule has 0 aromatic carbocycles. The zero-order valence-corrected chi connectivity index (χ0v) is 17.5. The van der Waals surface area contributed by atoms with E-state index in [1.54, 1.807) is 19.3 Å². The second-order valence-corrected chi connectivity index (χ2v) is 8.94. The molecule has 3 heterocycles. The third kappa shape index (κ3) is 4.56. The van der Waals surface area contributed by atoms with E-state index in [0.717, 1.165) is 0 Å². The van der Waals surface area contributed by atoms with Crippen LogP contribution in [0.15, 0.2) is 12.4 Å². The summed E-state index contributed by atoms with van der Waals surface area (Å²) in [6, 6.07) is -0.178. The maximum atomic E-state index is 11.6. The molecule has 1 aliphatic heterocycles. The molecule has 0 bridgehead atoms. The molecule has 0 spiro atoms. The first-order chi connectivity index (χ1) is 13.6. The molecular weight excluding hydrogens is 396 g/mol. The van der Waals surface area contributed by atoms with Gasteiger partial charge in [-0.1, -0.05) is 32.1 Å². The molecule has 11 heteroatoms. The van der Waals surface area contributed by atoms with Crippen LogP contribution in [-0.4, -0.2) is 67.9 Å². The lowest BCUT2D eigenvalue weighted by Crippen LogP contribution is -2.59. The van der Waals surface area contributed by atoms with Crippen LogP contribution in [0.25, 0.3) is 10.6 Å². The van der Waals surface area contributed by atoms with Crippen LogP contribution in [0.2, 0.25) is 0 Å². The molecule has 1 saturated heterocycles. The molecule has 156 valence electrons. The number of thiazole rings is 1. The highest BCUT2D eigenvalue weighted by Gasteiger charge is 2.38. The van der Waals surface area contributed by atoms with Gasteiger partial charge >= 0.3 is 12.2 Å². The quantitative estimate of drug-likeness (QED) is 0.690. The second kappa shape index (κ2) is 7.82. The molecule has 2 amide bonds. The Morgan fingerprint density at radius 3 is 2.41 bits per heavy atom. The summed E-state index contributed by atoms with van der Waals surface area (Å²) in [6.07, 6.45) is 1.26. The van der Waals surface area contributed by atoms with Gasteiger partial charge in [-0.05, 0) is 12.3 Å². The Bertz CT molecular complexity index is 908. The molecule has 3 N–H and O–H groups in total. The Morgan fingerprint density at radius 1 is 1.21 bits per heavy atom. The van der Waals surface area contributed by atoms with Crippen LogP contribution in [0, 0.1) is 12.3 Å². The van der Waals surface area contributed by atoms with Gasteiger partial charge in [0.1, 0.15) is 10.0 Å². The van der Waals surface area contributed by atoms with Gasteiger partial charge in [-0.2, -0.15) is 0 Å². The van der Waals surface area contributed by atoms with E-state index in [-0.39, 0.29) is 11.5 Å². The first-order valence-electron chi connectivity index (χ1n) is 9.10. The summed E-state index contributed by atoms with van der Waals surface area (Å²) in [4.78, 5) is 39.2. The Morgan fingerprint density at radius 2 is 1.86 bits per heavy atom. The topological polar surface area (TPSA) is 132 Å². The van der Waals surface area contributed by atoms with Gasteiger partial charge in [-0.3, -0.25) is 5.32 Å². The molecule has 2 aromatic heterocycles. The van der Waals surface area contributed by atoms with E-state index in [2.05, 4.69) is 20.3 Å². The average molecular weight is 420 g/mol. The van der Waals surface area contributed by atoms with Crippen LogP contribution in [-0.2, 0) is 0 Å². The maximum absolute atomic E-state index is 11.6. The number of amides is 2. The number of hydrogen-bond acceptors (Lipinski definition) is 7. The first-order valence-corrected chi connectivity index (χ1v) is 9.92. The largest absolute Gasteiger partial charge is 0.465 e. The SMILES string of the molecule is Cc1nc(-c2cnc(N3CCN(C(=O)O)C(C(C)(C)C)C3)nc2)sc1NC(=O)O. The number of aromatic nitrogens is 3. The number of carboxylic acid groups (broad SMARTS) is 2. The molecule has 29 heavy (non-hydrogen) atoms. The van der Waals surface area contributed by atoms with Gasteiger partial charge in [-0.25, -0.2) is 24.5 Å². The van der Waals surface area contributed by atoms with Crippen molar-refractivity contribution in [1.29, 1.82) is 0 Å². The fraction of sp³-hybridized carbons (Fsp3) is 0.500. The van der Waals surface area contributed by atoms with Crippen molar-refractivity contribution in [3.05, 3.63) is 18.1 Å². The summed E-state index contributed by atoms with van der Waals surface area (Å²) in [6.45, 7) is 9.21. The zero-order valence-electron chi connectivity index (χ0n) is 16.7. The molecule has 1 fully saturated rings. The van der Waals surface area contributed by atoms with Gasteiger partial charge in [0, 0.05) is 37.6 Å². The monoisotopic (exact) mass is 420 g/mol. The molecule has 0 saturated carbocycles. The number of nitrogens with one attached hydrogen (secondary N) is 1. The van der Waals surface area contributed by atoms with E-state index >= 15 is 0 Å². The van der Waals surface area contributed by atoms with Crippen LogP contribution >= 0.6 is 11.3 Å². The van der Waals surface area contributed by atoms with E-state index in [9.17, 15) is 14.7 Å². The van der Waals surface area contributed by atoms with Crippen molar-refractivity contribution in [3.63, 3.8) is 0 Å². The van der Waals surface area contributed by atoms with E-state index in [1.807, 2.05) is 25.7 Å². The third-order valence-electron chi connectivity index (χ3n) is 4.81. The molecular formula is C18H24N6O4S. The standard InChI is InChI=1S/C18H24N6O4S/c1-10-13(22-16(25)26)29-14(21-10)11-7-19-15(20-8-11)23-5-6-24(17(27)28)12(9-23)18(2,3)4/h7-8,12,22H,5-6,9H2,1-4H3,(H,25,26)(H,27,28). The van der Waals surface area contributed by atoms with Crippen LogP contribution in [0.1, 0.15) is 26.5 Å². The van der Waals surface area contributed by atoms with Gasteiger partial charge in [0.15, 0.2) is 0 Å². The van der Waals surface area contributed by atoms with Crippen molar-refractivity contribution >= 4 is 34.5 Å². The van der Waals surface area contributed by atoms with Crippen LogP contribution in [0.3, 0.4) is 0 Å². The lowest BCUT2D eigenvalue weighted by Gasteiger charge is -2.45. The van der Waals surface area contributed by atoms with Crippen molar-refractivity contribution < 1.29 is 19.8 Å². The molecule has 1 aliphatic rings. The summed E-state index contributed by atoms with van der Waals surface area (Å²) in [5.74, 6) is 0.533. The minimum absolute atomic E-state index is 0.178. The predicted molar refractivity (Wildman–Crippen MR) is 110 cm³/mol. The van der Waals surface area contributed by atoms with E-state index < -0.39 is 12.2 Å². The van der Waals surface area contributed by atoms with Crippen molar-refractivity contribution in [2.45, 2.75) is 33.7 Å². The molecule has 1 unspecified atom stereocenters. The van der Waals surface area contributed by atoms with Crippen molar-refractivity contribution in [3.8, 4) is 10.6 Å². The van der Waals surface area contributed by atoms with Gasteiger partial charge in [0.05, 0.1) is 11.7 Å². The van der Waals surface area contributed by atoms with Crippen molar-refractivity contribution in [2.24, 2.45) is 5.41 Å². The number of rotatable bonds is 3. The van der Waals surface area contributed by atoms with Gasteiger partial charge < -0.3 is 20.0 Å². The number of carbonyl (C=O) groups is 2. The second-order valence-electron chi connectivity index (χ2n) is 7.94. The van der Waals surface area contributed by atoms with Crippen LogP contribution < -0.4 is 10.2 Å². The van der Waals surface area contributed by atoms with Gasteiger partial charge in [0.2, 0.25) is 5.95 Å². The summed E-state index contributed by atoms with van der Waals surface area (Å²) < 4.78 is 0. The van der Waals surface area contributed by atoms with Crippen molar-refractivity contribution in [2.75, 3.05) is 29.9 Å². The van der Waals surface area contributed by atoms with Crippen LogP contribution in [0.5, 0.6) is 0 Å². The lowest BCUT2D eigenvalue weighted by molar-refractivity contribution is 0.0745. The smallest absolute Gasteiger partial charge is 0.409 e. The lowest BCUT2D eigenvalue weighted by atomic mass is 9.84. The maximum Gasteiger partial charge on any atom is 0.409 e. The minimum Gasteiger partial charge on any atom is -0.465 e. The third-order valence-corrected chi connectivity index (χ3v) is 5.93. The van der Waals surface area contributed by atoms with E-state index in [1.165, 1.54) is 16.2 Å². The Balaban J connectivity index is 1.78. The molecule has 1 atom stereocenters. The number of anilines is 2. The van der Waals surface area contributed by atoms with Crippen LogP contribution in [0.4, 0.5) is 20.5 Å². The summed E-state index contributed by atoms with van der Waals surface area (Å²) >= 11 is 1.22. The summed E-state index contributed by atoms with van der Waals surface area (Å²) in [5, 5.41) is 21.8. The van der Waals surface area contributed by atoms with Gasteiger partial charge in [-0.15, -0.1) is 0 Å². The molecule has 0 radical (unpaired) electrons.